The molecule has 4 heteroatoms. The molecule has 0 aliphatic heterocycles. The van der Waals surface area contributed by atoms with Crippen LogP contribution in [0.15, 0.2) is 97.3 Å². The summed E-state index contributed by atoms with van der Waals surface area (Å²) in [6.07, 6.45) is 5.58. The number of carboxylic acids is 1. The number of carbonyl (C=O) groups excluding carboxylic acids is 1. The van der Waals surface area contributed by atoms with Gasteiger partial charge in [0.05, 0.1) is 5.92 Å². The summed E-state index contributed by atoms with van der Waals surface area (Å²) in [4.78, 5) is 27.5. The Balaban J connectivity index is 0.000000284. The van der Waals surface area contributed by atoms with Gasteiger partial charge in [0.2, 0.25) is 0 Å². The lowest BCUT2D eigenvalue weighted by molar-refractivity contribution is -0.138. The molecule has 182 valence electrons. The molecule has 1 heterocycles. The van der Waals surface area contributed by atoms with E-state index in [2.05, 4.69) is 18.0 Å². The maximum absolute atomic E-state index is 12.7. The fourth-order valence-electron chi connectivity index (χ4n) is 4.14. The first-order chi connectivity index (χ1) is 16.5. The maximum Gasteiger partial charge on any atom is 0.310 e. The predicted molar refractivity (Wildman–Crippen MR) is 144 cm³/mol. The van der Waals surface area contributed by atoms with Crippen molar-refractivity contribution in [1.82, 2.24) is 4.98 Å². The van der Waals surface area contributed by atoms with Gasteiger partial charge in [0.15, 0.2) is 0 Å². The zero-order valence-corrected chi connectivity index (χ0v) is 19.7. The van der Waals surface area contributed by atoms with Crippen LogP contribution < -0.4 is 0 Å². The third-order valence-corrected chi connectivity index (χ3v) is 5.99. The Hall–Kier alpha value is -3.79. The summed E-state index contributed by atoms with van der Waals surface area (Å²) in [6, 6.07) is 27.5. The number of hydrogen-bond donors (Lipinski definition) is 1. The Morgan fingerprint density at radius 2 is 1.34 bits per heavy atom. The number of nitrogens with zero attached hydrogens (tertiary/aromatic N) is 1. The number of fused-ring (bicyclic) bond motifs is 1. The number of benzene rings is 3. The van der Waals surface area contributed by atoms with Crippen molar-refractivity contribution in [2.75, 3.05) is 0 Å². The first-order valence-electron chi connectivity index (χ1n) is 11.7. The number of aliphatic carboxylic acids is 1. The minimum Gasteiger partial charge on any atom is -0.481 e. The molecular weight excluding hydrogens is 434 g/mol. The van der Waals surface area contributed by atoms with E-state index in [0.29, 0.717) is 12.8 Å². The van der Waals surface area contributed by atoms with Crippen molar-refractivity contribution in [3.05, 3.63) is 114 Å². The van der Waals surface area contributed by atoms with Crippen LogP contribution in [-0.2, 0) is 16.0 Å². The summed E-state index contributed by atoms with van der Waals surface area (Å²) in [5, 5.41) is 11.1. The number of aromatic nitrogens is 1. The molecular formula is C31H35NO3. The van der Waals surface area contributed by atoms with Crippen molar-refractivity contribution >= 4 is 22.5 Å². The Morgan fingerprint density at radius 1 is 0.771 bits per heavy atom. The quantitative estimate of drug-likeness (QED) is 0.291. The number of hydrogen-bond acceptors (Lipinski definition) is 3. The third-order valence-electron chi connectivity index (χ3n) is 5.99. The normalized spacial score (nSPS) is 11.9. The molecule has 1 aromatic heterocycles. The van der Waals surface area contributed by atoms with Gasteiger partial charge in [0.1, 0.15) is 5.78 Å². The molecule has 0 amide bonds. The minimum atomic E-state index is -0.747. The number of ketones is 1. The second-order valence-electron chi connectivity index (χ2n) is 8.28. The molecule has 0 bridgehead atoms. The average molecular weight is 470 g/mol. The number of rotatable bonds is 8. The van der Waals surface area contributed by atoms with Crippen molar-refractivity contribution in [3.63, 3.8) is 0 Å². The zero-order chi connectivity index (χ0) is 24.3. The van der Waals surface area contributed by atoms with E-state index in [1.54, 1.807) is 6.20 Å². The van der Waals surface area contributed by atoms with E-state index in [4.69, 9.17) is 5.11 Å². The van der Waals surface area contributed by atoms with Crippen LogP contribution in [0.5, 0.6) is 0 Å². The smallest absolute Gasteiger partial charge is 0.310 e. The van der Waals surface area contributed by atoms with Crippen LogP contribution in [0, 0.1) is 0 Å². The fourth-order valence-corrected chi connectivity index (χ4v) is 4.14. The van der Waals surface area contributed by atoms with Gasteiger partial charge in [-0.3, -0.25) is 14.6 Å². The van der Waals surface area contributed by atoms with Gasteiger partial charge in [-0.05, 0) is 41.0 Å². The van der Waals surface area contributed by atoms with E-state index in [1.807, 2.05) is 92.0 Å². The molecule has 0 aliphatic rings. The number of Topliss-reactive ketones (excluding diaryl/α,β-unsaturated/α-hetero) is 1. The van der Waals surface area contributed by atoms with Gasteiger partial charge in [-0.2, -0.15) is 0 Å². The molecule has 0 saturated carbocycles. The SMILES string of the molecule is C.CCC(C(=O)Cc1ccc2cnccc2c1)c1ccccc1.CCC(C(=O)O)c1ccccc1. The topological polar surface area (TPSA) is 67.3 Å². The van der Waals surface area contributed by atoms with E-state index in [1.165, 1.54) is 0 Å². The molecule has 4 rings (SSSR count). The molecule has 4 aromatic rings. The Bertz CT molecular complexity index is 1210. The Morgan fingerprint density at radius 3 is 1.89 bits per heavy atom. The lowest BCUT2D eigenvalue weighted by Crippen LogP contribution is -2.14. The summed E-state index contributed by atoms with van der Waals surface area (Å²) in [6.45, 7) is 3.95. The molecule has 3 aromatic carbocycles. The largest absolute Gasteiger partial charge is 0.481 e. The summed E-state index contributed by atoms with van der Waals surface area (Å²) < 4.78 is 0. The number of carboxylic acid groups (broad SMARTS) is 1. The zero-order valence-electron chi connectivity index (χ0n) is 19.7. The Kier molecular flexibility index (Phi) is 10.8. The summed E-state index contributed by atoms with van der Waals surface area (Å²) in [5.74, 6) is -0.841. The molecule has 0 spiro atoms. The van der Waals surface area contributed by atoms with E-state index in [0.717, 1.165) is 33.9 Å². The van der Waals surface area contributed by atoms with Gasteiger partial charge in [-0.15, -0.1) is 0 Å². The summed E-state index contributed by atoms with van der Waals surface area (Å²) in [5.41, 5.74) is 3.06. The second-order valence-corrected chi connectivity index (χ2v) is 8.28. The molecule has 0 radical (unpaired) electrons. The minimum absolute atomic E-state index is 0. The molecule has 0 saturated heterocycles. The van der Waals surface area contributed by atoms with Crippen molar-refractivity contribution in [2.24, 2.45) is 0 Å². The number of carbonyl (C=O) groups is 2. The van der Waals surface area contributed by atoms with Crippen molar-refractivity contribution in [2.45, 2.75) is 52.4 Å². The summed E-state index contributed by atoms with van der Waals surface area (Å²) >= 11 is 0. The molecule has 35 heavy (non-hydrogen) atoms. The van der Waals surface area contributed by atoms with Crippen molar-refractivity contribution in [1.29, 1.82) is 0 Å². The van der Waals surface area contributed by atoms with Crippen LogP contribution >= 0.6 is 0 Å². The van der Waals surface area contributed by atoms with Crippen LogP contribution in [0.3, 0.4) is 0 Å². The maximum atomic E-state index is 12.7. The second kappa shape index (κ2) is 13.8. The van der Waals surface area contributed by atoms with Gasteiger partial charge in [0.25, 0.3) is 0 Å². The average Bonchev–Trinajstić information content (AvgIpc) is 2.86. The molecule has 2 unspecified atom stereocenters. The van der Waals surface area contributed by atoms with Crippen LogP contribution in [0.25, 0.3) is 10.8 Å². The predicted octanol–water partition coefficient (Wildman–Crippen LogP) is 7.44. The lowest BCUT2D eigenvalue weighted by atomic mass is 9.89. The van der Waals surface area contributed by atoms with Gasteiger partial charge in [-0.1, -0.05) is 100 Å². The fraction of sp³-hybridized carbons (Fsp3) is 0.258. The first kappa shape index (κ1) is 27.5. The van der Waals surface area contributed by atoms with Crippen molar-refractivity contribution in [3.8, 4) is 0 Å². The molecule has 0 fully saturated rings. The monoisotopic (exact) mass is 469 g/mol. The van der Waals surface area contributed by atoms with Crippen LogP contribution in [0.1, 0.15) is 62.6 Å². The standard InChI is InChI=1S/C20H19NO.C10H12O2.CH4/c1-2-19(16-6-4-3-5-7-16)20(22)13-15-8-9-18-14-21-11-10-17(18)12-15;1-2-9(10(11)12)8-6-4-3-5-7-8;/h3-12,14,19H,2,13H2,1H3;3-7,9H,2H2,1H3,(H,11,12);1H4. The highest BCUT2D eigenvalue weighted by molar-refractivity contribution is 5.89. The molecule has 4 nitrogen and oxygen atoms in total. The third kappa shape index (κ3) is 7.61. The van der Waals surface area contributed by atoms with Gasteiger partial charge in [-0.25, -0.2) is 0 Å². The highest BCUT2D eigenvalue weighted by Gasteiger charge is 2.18. The molecule has 0 aliphatic carbocycles. The highest BCUT2D eigenvalue weighted by Crippen LogP contribution is 2.23. The van der Waals surface area contributed by atoms with Crippen LogP contribution in [-0.4, -0.2) is 21.8 Å². The van der Waals surface area contributed by atoms with Crippen LogP contribution in [0.4, 0.5) is 0 Å². The Labute approximate surface area is 208 Å². The van der Waals surface area contributed by atoms with E-state index < -0.39 is 5.97 Å². The first-order valence-corrected chi connectivity index (χ1v) is 11.7. The summed E-state index contributed by atoms with van der Waals surface area (Å²) in [7, 11) is 0. The number of pyridine rings is 1. The highest BCUT2D eigenvalue weighted by atomic mass is 16.4. The van der Waals surface area contributed by atoms with Gasteiger partial charge in [0, 0.05) is 30.1 Å². The molecule has 2 atom stereocenters. The van der Waals surface area contributed by atoms with E-state index in [9.17, 15) is 9.59 Å². The molecule has 1 N–H and O–H groups in total. The van der Waals surface area contributed by atoms with Crippen molar-refractivity contribution < 1.29 is 14.7 Å². The van der Waals surface area contributed by atoms with E-state index >= 15 is 0 Å². The van der Waals surface area contributed by atoms with Gasteiger partial charge < -0.3 is 5.11 Å². The van der Waals surface area contributed by atoms with Crippen LogP contribution in [0.2, 0.25) is 0 Å². The van der Waals surface area contributed by atoms with E-state index in [-0.39, 0.29) is 25.0 Å². The van der Waals surface area contributed by atoms with Gasteiger partial charge >= 0.3 is 5.97 Å². The lowest BCUT2D eigenvalue weighted by Gasteiger charge is -2.14.